The molecule has 1 atom stereocenters. The third-order valence-electron chi connectivity index (χ3n) is 3.61. The Bertz CT molecular complexity index is 393. The molecule has 1 rings (SSSR count). The van der Waals surface area contributed by atoms with Gasteiger partial charge in [0, 0.05) is 6.04 Å². The highest BCUT2D eigenvalue weighted by Crippen LogP contribution is 2.32. The van der Waals surface area contributed by atoms with Crippen molar-refractivity contribution < 1.29 is 9.47 Å². The molecule has 0 bridgehead atoms. The van der Waals surface area contributed by atoms with Crippen LogP contribution in [0.5, 0.6) is 11.5 Å². The average Bonchev–Trinajstić information content (AvgIpc) is 2.49. The van der Waals surface area contributed by atoms with Crippen LogP contribution < -0.4 is 15.2 Å². The minimum absolute atomic E-state index is 0.171. The van der Waals surface area contributed by atoms with E-state index in [1.807, 2.05) is 19.1 Å². The van der Waals surface area contributed by atoms with Gasteiger partial charge in [0.05, 0.1) is 13.2 Å². The van der Waals surface area contributed by atoms with Crippen LogP contribution in [0.2, 0.25) is 0 Å². The summed E-state index contributed by atoms with van der Waals surface area (Å²) in [6, 6.07) is 6.27. The highest BCUT2D eigenvalue weighted by molar-refractivity contribution is 5.47. The molecule has 120 valence electrons. The van der Waals surface area contributed by atoms with Gasteiger partial charge in [-0.25, -0.2) is 0 Å². The van der Waals surface area contributed by atoms with Gasteiger partial charge in [0.2, 0.25) is 0 Å². The van der Waals surface area contributed by atoms with Gasteiger partial charge in [-0.05, 0) is 37.8 Å². The van der Waals surface area contributed by atoms with Crippen molar-refractivity contribution >= 4 is 0 Å². The molecule has 3 heteroatoms. The topological polar surface area (TPSA) is 44.5 Å². The number of unbranched alkanes of at least 4 members (excludes halogenated alkanes) is 3. The summed E-state index contributed by atoms with van der Waals surface area (Å²) in [4.78, 5) is 0. The van der Waals surface area contributed by atoms with Crippen LogP contribution >= 0.6 is 0 Å². The molecule has 0 radical (unpaired) electrons. The van der Waals surface area contributed by atoms with Gasteiger partial charge in [0.25, 0.3) is 0 Å². The van der Waals surface area contributed by atoms with Gasteiger partial charge in [-0.2, -0.15) is 0 Å². The van der Waals surface area contributed by atoms with E-state index in [0.29, 0.717) is 6.61 Å². The molecular formula is C18H31NO2. The predicted octanol–water partition coefficient (Wildman–Crippen LogP) is 4.32. The van der Waals surface area contributed by atoms with Crippen molar-refractivity contribution in [3.05, 3.63) is 23.8 Å². The van der Waals surface area contributed by atoms with E-state index in [2.05, 4.69) is 19.9 Å². The fourth-order valence-electron chi connectivity index (χ4n) is 2.28. The Balaban J connectivity index is 2.74. The summed E-state index contributed by atoms with van der Waals surface area (Å²) in [6.07, 6.45) is 6.62. The first kappa shape index (κ1) is 17.8. The van der Waals surface area contributed by atoms with Crippen LogP contribution in [-0.2, 0) is 6.42 Å². The maximum atomic E-state index is 6.10. The van der Waals surface area contributed by atoms with Gasteiger partial charge >= 0.3 is 0 Å². The standard InChI is InChI=1S/C18H31NO2/c1-4-7-8-9-13-21-18-15(14-16(19)5-2)11-10-12-17(18)20-6-3/h10-12,16H,4-9,13-14,19H2,1-3H3. The monoisotopic (exact) mass is 293 g/mol. The normalized spacial score (nSPS) is 12.2. The molecule has 0 amide bonds. The van der Waals surface area contributed by atoms with Crippen molar-refractivity contribution in [1.82, 2.24) is 0 Å². The molecule has 1 unspecified atom stereocenters. The van der Waals surface area contributed by atoms with Crippen LogP contribution in [0.4, 0.5) is 0 Å². The van der Waals surface area contributed by atoms with Crippen molar-refractivity contribution in [2.75, 3.05) is 13.2 Å². The van der Waals surface area contributed by atoms with Gasteiger partial charge in [0.1, 0.15) is 0 Å². The molecule has 0 fully saturated rings. The zero-order valence-electron chi connectivity index (χ0n) is 13.9. The number of hydrogen-bond donors (Lipinski definition) is 1. The second kappa shape index (κ2) is 10.5. The lowest BCUT2D eigenvalue weighted by molar-refractivity contribution is 0.267. The first-order chi connectivity index (χ1) is 10.2. The Labute approximate surface area is 129 Å². The summed E-state index contributed by atoms with van der Waals surface area (Å²) >= 11 is 0. The lowest BCUT2D eigenvalue weighted by Gasteiger charge is -2.18. The van der Waals surface area contributed by atoms with Crippen LogP contribution in [0.1, 0.15) is 58.4 Å². The van der Waals surface area contributed by atoms with Crippen molar-refractivity contribution in [1.29, 1.82) is 0 Å². The van der Waals surface area contributed by atoms with Gasteiger partial charge in [-0.3, -0.25) is 0 Å². The molecule has 0 heterocycles. The molecule has 1 aromatic rings. The Hall–Kier alpha value is -1.22. The minimum Gasteiger partial charge on any atom is -0.490 e. The van der Waals surface area contributed by atoms with Crippen LogP contribution in [0.3, 0.4) is 0 Å². The highest BCUT2D eigenvalue weighted by Gasteiger charge is 2.13. The van der Waals surface area contributed by atoms with Crippen LogP contribution in [0.25, 0.3) is 0 Å². The molecular weight excluding hydrogens is 262 g/mol. The summed E-state index contributed by atoms with van der Waals surface area (Å²) in [7, 11) is 0. The van der Waals surface area contributed by atoms with E-state index in [9.17, 15) is 0 Å². The second-order valence-electron chi connectivity index (χ2n) is 5.46. The summed E-state index contributed by atoms with van der Waals surface area (Å²) < 4.78 is 11.7. The number of ether oxygens (including phenoxy) is 2. The van der Waals surface area contributed by atoms with Crippen molar-refractivity contribution in [2.24, 2.45) is 5.73 Å². The number of hydrogen-bond acceptors (Lipinski definition) is 3. The van der Waals surface area contributed by atoms with Crippen LogP contribution in [0.15, 0.2) is 18.2 Å². The third-order valence-corrected chi connectivity index (χ3v) is 3.61. The molecule has 0 saturated heterocycles. The average molecular weight is 293 g/mol. The fraction of sp³-hybridized carbons (Fsp3) is 0.667. The summed E-state index contributed by atoms with van der Waals surface area (Å²) in [5, 5.41) is 0. The Kier molecular flexibility index (Phi) is 8.91. The van der Waals surface area contributed by atoms with Crippen LogP contribution in [0, 0.1) is 0 Å². The maximum Gasteiger partial charge on any atom is 0.164 e. The first-order valence-electron chi connectivity index (χ1n) is 8.35. The van der Waals surface area contributed by atoms with Crippen molar-refractivity contribution in [3.8, 4) is 11.5 Å². The molecule has 0 saturated carbocycles. The molecule has 0 aliphatic rings. The molecule has 1 aromatic carbocycles. The Morgan fingerprint density at radius 3 is 2.52 bits per heavy atom. The van der Waals surface area contributed by atoms with Gasteiger partial charge in [-0.1, -0.05) is 45.2 Å². The fourth-order valence-corrected chi connectivity index (χ4v) is 2.28. The number of nitrogens with two attached hydrogens (primary N) is 1. The number of benzene rings is 1. The number of para-hydroxylation sites is 1. The maximum absolute atomic E-state index is 6.10. The van der Waals surface area contributed by atoms with Crippen molar-refractivity contribution in [3.63, 3.8) is 0 Å². The molecule has 21 heavy (non-hydrogen) atoms. The lowest BCUT2D eigenvalue weighted by atomic mass is 10.0. The van der Waals surface area contributed by atoms with E-state index in [-0.39, 0.29) is 6.04 Å². The summed E-state index contributed by atoms with van der Waals surface area (Å²) in [5.41, 5.74) is 7.25. The highest BCUT2D eigenvalue weighted by atomic mass is 16.5. The van der Waals surface area contributed by atoms with E-state index < -0.39 is 0 Å². The molecule has 0 aromatic heterocycles. The Morgan fingerprint density at radius 1 is 1.05 bits per heavy atom. The van der Waals surface area contributed by atoms with E-state index >= 15 is 0 Å². The first-order valence-corrected chi connectivity index (χ1v) is 8.35. The van der Waals surface area contributed by atoms with Gasteiger partial charge < -0.3 is 15.2 Å². The van der Waals surface area contributed by atoms with Crippen LogP contribution in [-0.4, -0.2) is 19.3 Å². The molecule has 3 nitrogen and oxygen atoms in total. The molecule has 0 aliphatic heterocycles. The lowest BCUT2D eigenvalue weighted by Crippen LogP contribution is -2.22. The van der Waals surface area contributed by atoms with Gasteiger partial charge in [0.15, 0.2) is 11.5 Å². The van der Waals surface area contributed by atoms with E-state index in [1.54, 1.807) is 0 Å². The molecule has 0 spiro atoms. The van der Waals surface area contributed by atoms with Gasteiger partial charge in [-0.15, -0.1) is 0 Å². The van der Waals surface area contributed by atoms with Crippen molar-refractivity contribution in [2.45, 2.75) is 65.3 Å². The summed E-state index contributed by atoms with van der Waals surface area (Å²) in [5.74, 6) is 1.73. The molecule has 0 aliphatic carbocycles. The summed E-state index contributed by atoms with van der Waals surface area (Å²) in [6.45, 7) is 7.72. The predicted molar refractivity (Wildman–Crippen MR) is 89.2 cm³/mol. The zero-order valence-corrected chi connectivity index (χ0v) is 13.9. The molecule has 2 N–H and O–H groups in total. The smallest absolute Gasteiger partial charge is 0.164 e. The zero-order chi connectivity index (χ0) is 15.5. The second-order valence-corrected chi connectivity index (χ2v) is 5.46. The minimum atomic E-state index is 0.171. The quantitative estimate of drug-likeness (QED) is 0.618. The van der Waals surface area contributed by atoms with E-state index in [1.165, 1.54) is 19.3 Å². The third kappa shape index (κ3) is 6.38. The van der Waals surface area contributed by atoms with E-state index in [0.717, 1.165) is 42.9 Å². The SMILES string of the molecule is CCCCCCOc1c(CC(N)CC)cccc1OCC. The number of rotatable bonds is 11. The largest absolute Gasteiger partial charge is 0.490 e. The Morgan fingerprint density at radius 2 is 1.86 bits per heavy atom. The van der Waals surface area contributed by atoms with E-state index in [4.69, 9.17) is 15.2 Å².